The van der Waals surface area contributed by atoms with E-state index in [0.29, 0.717) is 17.7 Å². The fourth-order valence-corrected chi connectivity index (χ4v) is 3.19. The van der Waals surface area contributed by atoms with E-state index in [9.17, 15) is 9.59 Å². The van der Waals surface area contributed by atoms with E-state index in [2.05, 4.69) is 27.4 Å². The first kappa shape index (κ1) is 33.0. The number of carboxylic acid groups (broad SMARTS) is 1. The van der Waals surface area contributed by atoms with Crippen LogP contribution in [0.4, 0.5) is 0 Å². The van der Waals surface area contributed by atoms with Crippen molar-refractivity contribution in [3.63, 3.8) is 0 Å². The number of rotatable bonds is 10. The Labute approximate surface area is 218 Å². The molecule has 202 valence electrons. The molecule has 1 aromatic carbocycles. The minimum absolute atomic E-state index is 0.00523. The largest absolute Gasteiger partial charge is 0.478 e. The third-order valence-corrected chi connectivity index (χ3v) is 5.27. The molecular weight excluding hydrogens is 452 g/mol. The van der Waals surface area contributed by atoms with Crippen LogP contribution in [0, 0.1) is 5.41 Å². The molecule has 0 fully saturated rings. The van der Waals surface area contributed by atoms with E-state index in [0.717, 1.165) is 36.9 Å². The Morgan fingerprint density at radius 3 is 2.11 bits per heavy atom. The molecule has 0 aliphatic heterocycles. The van der Waals surface area contributed by atoms with Crippen LogP contribution in [0.5, 0.6) is 5.75 Å². The monoisotopic (exact) mass is 500 g/mol. The first-order valence-corrected chi connectivity index (χ1v) is 12.8. The van der Waals surface area contributed by atoms with Crippen molar-refractivity contribution in [3.8, 4) is 5.75 Å². The number of ether oxygens (including phenoxy) is 1. The van der Waals surface area contributed by atoms with Gasteiger partial charge >= 0.3 is 11.7 Å². The molecule has 0 saturated heterocycles. The van der Waals surface area contributed by atoms with E-state index >= 15 is 0 Å². The number of carbonyl (C=O) groups is 1. The highest BCUT2D eigenvalue weighted by Crippen LogP contribution is 2.20. The molecule has 0 bridgehead atoms. The normalized spacial score (nSPS) is 11.2. The van der Waals surface area contributed by atoms with Crippen molar-refractivity contribution in [3.05, 3.63) is 77.0 Å². The zero-order chi connectivity index (χ0) is 27.9. The summed E-state index contributed by atoms with van der Waals surface area (Å²) in [5, 5.41) is 9.12. The quantitative estimate of drug-likeness (QED) is 0.364. The van der Waals surface area contributed by atoms with Gasteiger partial charge in [-0.15, -0.1) is 6.58 Å². The molecule has 0 aliphatic rings. The molecule has 2 aromatic rings. The predicted octanol–water partition coefficient (Wildman–Crippen LogP) is 6.82. The highest BCUT2D eigenvalue weighted by atomic mass is 16.5. The SMILES string of the molecule is C/C=C/Cn1cc(CCCc2ccc(OC(C)(C)C(=O)O)cc2)n(C)c1=O.C=CCC(C)(C)C.CC. The zero-order valence-electron chi connectivity index (χ0n) is 23.9. The van der Waals surface area contributed by atoms with Gasteiger partial charge in [0.05, 0.1) is 0 Å². The number of carboxylic acids is 1. The van der Waals surface area contributed by atoms with Gasteiger partial charge in [-0.05, 0) is 69.6 Å². The van der Waals surface area contributed by atoms with Gasteiger partial charge in [0.1, 0.15) is 5.75 Å². The minimum atomic E-state index is -1.26. The molecule has 0 aliphatic carbocycles. The molecule has 0 amide bonds. The van der Waals surface area contributed by atoms with Crippen LogP contribution in [-0.4, -0.2) is 25.8 Å². The number of nitrogens with zero attached hydrogens (tertiary/aromatic N) is 2. The second-order valence-electron chi connectivity index (χ2n) is 10.2. The lowest BCUT2D eigenvalue weighted by Crippen LogP contribution is -2.37. The summed E-state index contributed by atoms with van der Waals surface area (Å²) < 4.78 is 8.93. The predicted molar refractivity (Wildman–Crippen MR) is 151 cm³/mol. The Kier molecular flexibility index (Phi) is 14.5. The second kappa shape index (κ2) is 15.9. The van der Waals surface area contributed by atoms with E-state index < -0.39 is 11.6 Å². The summed E-state index contributed by atoms with van der Waals surface area (Å²) in [5.41, 5.74) is 1.35. The molecule has 2 rings (SSSR count). The summed E-state index contributed by atoms with van der Waals surface area (Å²) in [4.78, 5) is 23.3. The van der Waals surface area contributed by atoms with Crippen LogP contribution in [0.25, 0.3) is 0 Å². The molecule has 36 heavy (non-hydrogen) atoms. The van der Waals surface area contributed by atoms with Crippen molar-refractivity contribution in [1.29, 1.82) is 0 Å². The highest BCUT2D eigenvalue weighted by Gasteiger charge is 2.29. The number of imidazole rings is 1. The number of allylic oxidation sites excluding steroid dienone is 3. The van der Waals surface area contributed by atoms with Crippen molar-refractivity contribution in [2.24, 2.45) is 12.5 Å². The van der Waals surface area contributed by atoms with Gasteiger partial charge in [-0.1, -0.05) is 65.0 Å². The van der Waals surface area contributed by atoms with Gasteiger partial charge < -0.3 is 9.84 Å². The van der Waals surface area contributed by atoms with E-state index in [-0.39, 0.29) is 5.69 Å². The smallest absolute Gasteiger partial charge is 0.347 e. The number of aromatic nitrogens is 2. The second-order valence-corrected chi connectivity index (χ2v) is 10.2. The molecular formula is C30H48N2O4. The Bertz CT molecular complexity index is 1000. The molecule has 0 atom stereocenters. The van der Waals surface area contributed by atoms with Gasteiger partial charge in [0.2, 0.25) is 0 Å². The van der Waals surface area contributed by atoms with Crippen LogP contribution in [-0.2, 0) is 31.2 Å². The van der Waals surface area contributed by atoms with Crippen molar-refractivity contribution in [1.82, 2.24) is 9.13 Å². The standard InChI is InChI=1S/C21H28N2O4.C7H14.C2H6/c1-5-6-14-23-15-17(22(4)20(23)26)9-7-8-16-10-12-18(13-11-16)27-21(2,3)19(24)25;1-5-6-7(2,3)4;1-2/h5-6,10-13,15H,7-9,14H2,1-4H3,(H,24,25);5H,1,6H2,2-4H3;1-2H3/b6-5+;;. The van der Waals surface area contributed by atoms with Crippen LogP contribution >= 0.6 is 0 Å². The van der Waals surface area contributed by atoms with Gasteiger partial charge in [-0.25, -0.2) is 9.59 Å². The molecule has 1 heterocycles. The average molecular weight is 501 g/mol. The molecule has 1 N–H and O–H groups in total. The van der Waals surface area contributed by atoms with E-state index in [4.69, 9.17) is 9.84 Å². The van der Waals surface area contributed by atoms with Crippen molar-refractivity contribution in [2.75, 3.05) is 0 Å². The van der Waals surface area contributed by atoms with Gasteiger partial charge in [-0.2, -0.15) is 0 Å². The lowest BCUT2D eigenvalue weighted by atomic mass is 9.93. The molecule has 6 nitrogen and oxygen atoms in total. The number of benzene rings is 1. The Morgan fingerprint density at radius 1 is 1.08 bits per heavy atom. The van der Waals surface area contributed by atoms with Crippen LogP contribution in [0.15, 0.2) is 60.1 Å². The first-order chi connectivity index (χ1) is 16.8. The fourth-order valence-electron chi connectivity index (χ4n) is 3.19. The summed E-state index contributed by atoms with van der Waals surface area (Å²) in [6.07, 6.45) is 11.5. The van der Waals surface area contributed by atoms with E-state index in [1.165, 1.54) is 13.8 Å². The van der Waals surface area contributed by atoms with Crippen LogP contribution in [0.1, 0.15) is 79.5 Å². The molecule has 0 unspecified atom stereocenters. The van der Waals surface area contributed by atoms with Gasteiger partial charge in [0.15, 0.2) is 5.60 Å². The summed E-state index contributed by atoms with van der Waals surface area (Å²) in [7, 11) is 1.81. The molecule has 0 spiro atoms. The molecule has 6 heteroatoms. The minimum Gasteiger partial charge on any atom is -0.478 e. The first-order valence-electron chi connectivity index (χ1n) is 12.8. The van der Waals surface area contributed by atoms with Crippen LogP contribution < -0.4 is 10.4 Å². The number of aryl methyl sites for hydroxylation is 2. The topological polar surface area (TPSA) is 73.5 Å². The summed E-state index contributed by atoms with van der Waals surface area (Å²) >= 11 is 0. The molecule has 1 aromatic heterocycles. The van der Waals surface area contributed by atoms with Gasteiger partial charge in [0.25, 0.3) is 0 Å². The number of hydrogen-bond donors (Lipinski definition) is 1. The zero-order valence-corrected chi connectivity index (χ0v) is 23.9. The van der Waals surface area contributed by atoms with E-state index in [1.807, 2.05) is 57.3 Å². The third-order valence-electron chi connectivity index (χ3n) is 5.27. The molecule has 0 radical (unpaired) electrons. The lowest BCUT2D eigenvalue weighted by Gasteiger charge is -2.21. The fraction of sp³-hybridized carbons (Fsp3) is 0.533. The van der Waals surface area contributed by atoms with Crippen molar-refractivity contribution in [2.45, 2.75) is 93.2 Å². The molecule has 0 saturated carbocycles. The maximum Gasteiger partial charge on any atom is 0.347 e. The van der Waals surface area contributed by atoms with E-state index in [1.54, 1.807) is 28.3 Å². The third kappa shape index (κ3) is 12.1. The maximum absolute atomic E-state index is 12.2. The van der Waals surface area contributed by atoms with Gasteiger partial charge in [-0.3, -0.25) is 9.13 Å². The highest BCUT2D eigenvalue weighted by molar-refractivity contribution is 5.76. The lowest BCUT2D eigenvalue weighted by molar-refractivity contribution is -0.152. The Balaban J connectivity index is 0.00000117. The van der Waals surface area contributed by atoms with Gasteiger partial charge in [0, 0.05) is 25.5 Å². The number of aliphatic carboxylic acids is 1. The van der Waals surface area contributed by atoms with Crippen molar-refractivity contribution >= 4 is 5.97 Å². The summed E-state index contributed by atoms with van der Waals surface area (Å²) in [5.74, 6) is -0.465. The van der Waals surface area contributed by atoms with Crippen molar-refractivity contribution < 1.29 is 14.6 Å². The Hall–Kier alpha value is -3.02. The van der Waals surface area contributed by atoms with Crippen LogP contribution in [0.2, 0.25) is 0 Å². The number of hydrogen-bond acceptors (Lipinski definition) is 3. The van der Waals surface area contributed by atoms with Crippen LogP contribution in [0.3, 0.4) is 0 Å². The summed E-state index contributed by atoms with van der Waals surface area (Å²) in [6.45, 7) is 19.8. The summed E-state index contributed by atoms with van der Waals surface area (Å²) in [6, 6.07) is 7.49. The maximum atomic E-state index is 12.2. The Morgan fingerprint density at radius 2 is 1.67 bits per heavy atom. The average Bonchev–Trinajstić information content (AvgIpc) is 3.07.